The largest absolute Gasteiger partial charge is 0.273 e. The number of rotatable bonds is 5. The Hall–Kier alpha value is -3.06. The zero-order chi connectivity index (χ0) is 18.8. The quantitative estimate of drug-likeness (QED) is 0.457. The van der Waals surface area contributed by atoms with Crippen molar-refractivity contribution in [2.24, 2.45) is 0 Å². The maximum absolute atomic E-state index is 12.9. The summed E-state index contributed by atoms with van der Waals surface area (Å²) in [7, 11) is 0. The Morgan fingerprint density at radius 1 is 1.00 bits per heavy atom. The number of nitro benzene ring substituents is 1. The topological polar surface area (TPSA) is 80.5 Å². The average molecular weight is 375 g/mol. The van der Waals surface area contributed by atoms with Crippen LogP contribution >= 0.6 is 11.6 Å². The highest BCUT2D eigenvalue weighted by molar-refractivity contribution is 6.55. The predicted octanol–water partition coefficient (Wildman–Crippen LogP) is 3.30. The highest BCUT2D eigenvalue weighted by Gasteiger charge is 2.37. The molecule has 0 bridgehead atoms. The van der Waals surface area contributed by atoms with Gasteiger partial charge in [0.2, 0.25) is 0 Å². The Balaban J connectivity index is 1.78. The van der Waals surface area contributed by atoms with Gasteiger partial charge in [0.05, 0.1) is 10.5 Å². The van der Waals surface area contributed by atoms with Gasteiger partial charge >= 0.3 is 0 Å². The number of halogens is 2. The van der Waals surface area contributed by atoms with E-state index in [0.717, 1.165) is 10.5 Å². The fourth-order valence-corrected chi connectivity index (χ4v) is 2.93. The van der Waals surface area contributed by atoms with E-state index in [1.807, 2.05) is 0 Å². The lowest BCUT2D eigenvalue weighted by Crippen LogP contribution is -2.33. The first-order valence-corrected chi connectivity index (χ1v) is 8.01. The van der Waals surface area contributed by atoms with Crippen LogP contribution in [0, 0.1) is 15.9 Å². The summed E-state index contributed by atoms with van der Waals surface area (Å²) in [5.74, 6) is -1.55. The van der Waals surface area contributed by atoms with E-state index < -0.39 is 16.7 Å². The number of hydrogen-bond donors (Lipinski definition) is 0. The molecule has 1 aliphatic heterocycles. The van der Waals surface area contributed by atoms with Crippen molar-refractivity contribution in [3.05, 3.63) is 80.6 Å². The summed E-state index contributed by atoms with van der Waals surface area (Å²) in [6.07, 6.45) is 0.357. The molecule has 0 atom stereocenters. The van der Waals surface area contributed by atoms with Crippen LogP contribution in [-0.4, -0.2) is 28.2 Å². The lowest BCUT2D eigenvalue weighted by atomic mass is 10.1. The molecule has 0 unspecified atom stereocenters. The molecule has 6 nitrogen and oxygen atoms in total. The van der Waals surface area contributed by atoms with E-state index in [-0.39, 0.29) is 28.7 Å². The van der Waals surface area contributed by atoms with Crippen LogP contribution in [0.1, 0.15) is 11.1 Å². The summed E-state index contributed by atoms with van der Waals surface area (Å²) >= 11 is 6.04. The number of imide groups is 1. The Kier molecular flexibility index (Phi) is 4.81. The third-order valence-electron chi connectivity index (χ3n) is 4.02. The summed E-state index contributed by atoms with van der Waals surface area (Å²) in [6, 6.07) is 11.0. The number of amides is 2. The first kappa shape index (κ1) is 17.8. The molecule has 3 rings (SSSR count). The second kappa shape index (κ2) is 7.05. The predicted molar refractivity (Wildman–Crippen MR) is 92.7 cm³/mol. The van der Waals surface area contributed by atoms with Crippen LogP contribution in [0.25, 0.3) is 5.57 Å². The number of hydrogen-bond acceptors (Lipinski definition) is 4. The fraction of sp³-hybridized carbons (Fsp3) is 0.111. The summed E-state index contributed by atoms with van der Waals surface area (Å²) in [4.78, 5) is 36.1. The van der Waals surface area contributed by atoms with Gasteiger partial charge < -0.3 is 0 Å². The van der Waals surface area contributed by atoms with E-state index in [1.54, 1.807) is 12.1 Å². The normalized spacial score (nSPS) is 14.3. The van der Waals surface area contributed by atoms with Gasteiger partial charge in [-0.1, -0.05) is 23.7 Å². The highest BCUT2D eigenvalue weighted by atomic mass is 35.5. The average Bonchev–Trinajstić information content (AvgIpc) is 2.84. The second-order valence-corrected chi connectivity index (χ2v) is 6.01. The third kappa shape index (κ3) is 3.34. The van der Waals surface area contributed by atoms with Gasteiger partial charge in [-0.15, -0.1) is 0 Å². The van der Waals surface area contributed by atoms with Gasteiger partial charge in [0.25, 0.3) is 17.5 Å². The van der Waals surface area contributed by atoms with Crippen molar-refractivity contribution >= 4 is 34.7 Å². The van der Waals surface area contributed by atoms with Gasteiger partial charge in [-0.25, -0.2) is 4.39 Å². The first-order valence-electron chi connectivity index (χ1n) is 7.63. The van der Waals surface area contributed by atoms with Crippen molar-refractivity contribution in [2.75, 3.05) is 6.54 Å². The third-order valence-corrected chi connectivity index (χ3v) is 4.37. The van der Waals surface area contributed by atoms with Crippen molar-refractivity contribution < 1.29 is 18.9 Å². The zero-order valence-corrected chi connectivity index (χ0v) is 14.1. The molecular formula is C18H12ClFN2O4. The molecule has 8 heteroatoms. The van der Waals surface area contributed by atoms with E-state index in [2.05, 4.69) is 0 Å². The van der Waals surface area contributed by atoms with E-state index in [0.29, 0.717) is 12.0 Å². The van der Waals surface area contributed by atoms with Crippen molar-refractivity contribution in [1.82, 2.24) is 4.90 Å². The number of carbonyl (C=O) groups excluding carboxylic acids is 2. The summed E-state index contributed by atoms with van der Waals surface area (Å²) in [6.45, 7) is 0.0933. The number of nitrogens with zero attached hydrogens (tertiary/aromatic N) is 2. The molecular weight excluding hydrogens is 363 g/mol. The second-order valence-electron chi connectivity index (χ2n) is 5.63. The minimum atomic E-state index is -0.618. The van der Waals surface area contributed by atoms with Crippen molar-refractivity contribution in [2.45, 2.75) is 6.42 Å². The first-order chi connectivity index (χ1) is 12.4. The molecule has 0 aromatic heterocycles. The molecule has 2 aromatic carbocycles. The standard InChI is InChI=1S/C18H12ClFN2O4/c19-16-15(12-3-7-14(8-4-12)22(25)26)17(23)21(18(16)24)10-9-11-1-5-13(20)6-2-11/h1-8H,9-10H2. The number of benzene rings is 2. The monoisotopic (exact) mass is 374 g/mol. The van der Waals surface area contributed by atoms with Crippen molar-refractivity contribution in [1.29, 1.82) is 0 Å². The molecule has 26 heavy (non-hydrogen) atoms. The van der Waals surface area contributed by atoms with E-state index in [9.17, 15) is 24.1 Å². The Bertz CT molecular complexity index is 923. The van der Waals surface area contributed by atoms with Gasteiger partial charge in [-0.05, 0) is 41.8 Å². The molecule has 1 heterocycles. The summed E-state index contributed by atoms with van der Waals surface area (Å²) < 4.78 is 12.9. The molecule has 2 aromatic rings. The van der Waals surface area contributed by atoms with Gasteiger partial charge in [-0.2, -0.15) is 0 Å². The maximum Gasteiger partial charge on any atom is 0.273 e. The van der Waals surface area contributed by atoms with Crippen molar-refractivity contribution in [3.63, 3.8) is 0 Å². The smallest absolute Gasteiger partial charge is 0.273 e. The van der Waals surface area contributed by atoms with Crippen LogP contribution in [0.3, 0.4) is 0 Å². The molecule has 0 spiro atoms. The molecule has 0 aliphatic carbocycles. The van der Waals surface area contributed by atoms with Crippen molar-refractivity contribution in [3.8, 4) is 0 Å². The van der Waals surface area contributed by atoms with Gasteiger partial charge in [-0.3, -0.25) is 24.6 Å². The van der Waals surface area contributed by atoms with Crippen LogP contribution in [0.15, 0.2) is 53.6 Å². The lowest BCUT2D eigenvalue weighted by molar-refractivity contribution is -0.384. The van der Waals surface area contributed by atoms with E-state index in [4.69, 9.17) is 11.6 Å². The molecule has 0 saturated heterocycles. The maximum atomic E-state index is 12.9. The molecule has 1 aliphatic rings. The summed E-state index contributed by atoms with van der Waals surface area (Å²) in [5, 5.41) is 10.5. The SMILES string of the molecule is O=C1C(Cl)=C(c2ccc([N+](=O)[O-])cc2)C(=O)N1CCc1ccc(F)cc1. The fourth-order valence-electron chi connectivity index (χ4n) is 2.64. The van der Waals surface area contributed by atoms with Crippen LogP contribution in [0.5, 0.6) is 0 Å². The Morgan fingerprint density at radius 3 is 2.19 bits per heavy atom. The molecule has 2 amide bonds. The minimum absolute atomic E-state index is 0.0191. The van der Waals surface area contributed by atoms with Gasteiger partial charge in [0, 0.05) is 18.7 Å². The number of non-ortho nitro benzene ring substituents is 1. The lowest BCUT2D eigenvalue weighted by Gasteiger charge is -2.14. The molecule has 0 radical (unpaired) electrons. The van der Waals surface area contributed by atoms with Crippen LogP contribution < -0.4 is 0 Å². The van der Waals surface area contributed by atoms with E-state index in [1.165, 1.54) is 36.4 Å². The Labute approximate surface area is 152 Å². The molecule has 0 fully saturated rings. The van der Waals surface area contributed by atoms with Gasteiger partial charge in [0.15, 0.2) is 0 Å². The summed E-state index contributed by atoms with van der Waals surface area (Å²) in [5.41, 5.74) is 0.997. The van der Waals surface area contributed by atoms with Crippen LogP contribution in [0.4, 0.5) is 10.1 Å². The zero-order valence-electron chi connectivity index (χ0n) is 13.3. The molecule has 132 valence electrons. The van der Waals surface area contributed by atoms with Crippen LogP contribution in [0.2, 0.25) is 0 Å². The number of nitro groups is 1. The van der Waals surface area contributed by atoms with Gasteiger partial charge in [0.1, 0.15) is 10.8 Å². The van der Waals surface area contributed by atoms with Crippen LogP contribution in [-0.2, 0) is 16.0 Å². The minimum Gasteiger partial charge on any atom is -0.273 e. The highest BCUT2D eigenvalue weighted by Crippen LogP contribution is 2.32. The Morgan fingerprint density at radius 2 is 1.62 bits per heavy atom. The molecule has 0 N–H and O–H groups in total. The molecule has 0 saturated carbocycles. The number of carbonyl (C=O) groups is 2. The van der Waals surface area contributed by atoms with E-state index >= 15 is 0 Å².